The number of ether oxygens (including phenoxy) is 1. The summed E-state index contributed by atoms with van der Waals surface area (Å²) in [6.07, 6.45) is -4.96. The first kappa shape index (κ1) is 10.8. The molecular formula is C7H12F3O. The largest absolute Gasteiger partial charge is 0.389 e. The lowest BCUT2D eigenvalue weighted by Crippen LogP contribution is -2.26. The van der Waals surface area contributed by atoms with Crippen LogP contribution >= 0.6 is 0 Å². The molecule has 0 spiro atoms. The summed E-state index contributed by atoms with van der Waals surface area (Å²) in [6.45, 7) is 3.00. The molecule has 0 aromatic heterocycles. The summed E-state index contributed by atoms with van der Waals surface area (Å²) < 4.78 is 39.8. The Morgan fingerprint density at radius 3 is 2.00 bits per heavy atom. The third-order valence-corrected chi connectivity index (χ3v) is 1.17. The smallest absolute Gasteiger partial charge is 0.378 e. The van der Waals surface area contributed by atoms with Gasteiger partial charge in [0, 0.05) is 0 Å². The van der Waals surface area contributed by atoms with Crippen molar-refractivity contribution in [2.45, 2.75) is 26.4 Å². The summed E-state index contributed by atoms with van der Waals surface area (Å²) in [5.74, 6) is 0. The van der Waals surface area contributed by atoms with Gasteiger partial charge in [0.2, 0.25) is 0 Å². The molecular weight excluding hydrogens is 157 g/mol. The highest BCUT2D eigenvalue weighted by molar-refractivity contribution is 4.71. The van der Waals surface area contributed by atoms with E-state index in [1.54, 1.807) is 0 Å². The molecule has 0 heterocycles. The molecule has 0 aliphatic carbocycles. The number of alkyl halides is 3. The quantitative estimate of drug-likeness (QED) is 0.631. The molecule has 0 aromatic carbocycles. The van der Waals surface area contributed by atoms with Crippen LogP contribution in [0.3, 0.4) is 0 Å². The molecule has 0 unspecified atom stereocenters. The van der Waals surface area contributed by atoms with Gasteiger partial charge >= 0.3 is 6.18 Å². The molecule has 0 rings (SSSR count). The Hall–Kier alpha value is -0.250. The molecule has 11 heavy (non-hydrogen) atoms. The van der Waals surface area contributed by atoms with Crippen molar-refractivity contribution in [3.63, 3.8) is 0 Å². The molecule has 0 N–H and O–H groups in total. The highest BCUT2D eigenvalue weighted by Crippen LogP contribution is 2.32. The highest BCUT2D eigenvalue weighted by atomic mass is 19.4. The number of hydrogen-bond donors (Lipinski definition) is 0. The van der Waals surface area contributed by atoms with Crippen LogP contribution < -0.4 is 0 Å². The molecule has 0 amide bonds. The summed E-state index contributed by atoms with van der Waals surface area (Å²) in [6, 6.07) is 0. The van der Waals surface area contributed by atoms with Gasteiger partial charge in [-0.3, -0.25) is 0 Å². The first-order valence-corrected chi connectivity index (χ1v) is 3.20. The van der Waals surface area contributed by atoms with E-state index in [2.05, 4.69) is 11.8 Å². The Labute approximate surface area is 64.5 Å². The van der Waals surface area contributed by atoms with E-state index >= 15 is 0 Å². The van der Waals surface area contributed by atoms with Crippen molar-refractivity contribution in [3.8, 4) is 0 Å². The zero-order chi connectivity index (χ0) is 9.12. The molecule has 0 aromatic rings. The fourth-order valence-corrected chi connectivity index (χ4v) is 0.870. The predicted octanol–water partition coefficient (Wildman–Crippen LogP) is 2.77. The Kier molecular flexibility index (Phi) is 3.35. The molecule has 0 fully saturated rings. The normalized spacial score (nSPS) is 13.6. The third-order valence-electron chi connectivity index (χ3n) is 1.17. The Morgan fingerprint density at radius 1 is 1.27 bits per heavy atom. The minimum Gasteiger partial charge on any atom is -0.378 e. The van der Waals surface area contributed by atoms with E-state index in [0.29, 0.717) is 0 Å². The number of rotatable bonds is 3. The Morgan fingerprint density at radius 2 is 1.73 bits per heavy atom. The van der Waals surface area contributed by atoms with Crippen LogP contribution in [0.4, 0.5) is 13.2 Å². The van der Waals surface area contributed by atoms with Crippen LogP contribution in [-0.2, 0) is 4.74 Å². The second kappa shape index (κ2) is 3.43. The van der Waals surface area contributed by atoms with Gasteiger partial charge in [0.15, 0.2) is 0 Å². The summed E-state index contributed by atoms with van der Waals surface area (Å²) in [4.78, 5) is 0. The van der Waals surface area contributed by atoms with Gasteiger partial charge in [0.05, 0.1) is 20.1 Å². The molecule has 0 aliphatic heterocycles. The minimum atomic E-state index is -4.12. The molecule has 0 saturated heterocycles. The maximum Gasteiger partial charge on any atom is 0.389 e. The van der Waals surface area contributed by atoms with Crippen molar-refractivity contribution in [1.82, 2.24) is 0 Å². The lowest BCUT2D eigenvalue weighted by atomic mass is 9.90. The number of halogens is 3. The fourth-order valence-electron chi connectivity index (χ4n) is 0.870. The van der Waals surface area contributed by atoms with Gasteiger partial charge in [-0.15, -0.1) is 0 Å². The lowest BCUT2D eigenvalue weighted by Gasteiger charge is -2.24. The second-order valence-electron chi connectivity index (χ2n) is 3.30. The van der Waals surface area contributed by atoms with Crippen molar-refractivity contribution in [3.05, 3.63) is 7.11 Å². The minimum absolute atomic E-state index is 0.0203. The van der Waals surface area contributed by atoms with E-state index in [0.717, 1.165) is 0 Å². The molecule has 1 radical (unpaired) electrons. The fraction of sp³-hybridized carbons (Fsp3) is 0.857. The lowest BCUT2D eigenvalue weighted by molar-refractivity contribution is -0.159. The van der Waals surface area contributed by atoms with Crippen LogP contribution in [0.2, 0.25) is 0 Å². The van der Waals surface area contributed by atoms with Crippen LogP contribution in [0.5, 0.6) is 0 Å². The molecule has 0 aliphatic rings. The van der Waals surface area contributed by atoms with E-state index in [9.17, 15) is 13.2 Å². The average Bonchev–Trinajstić information content (AvgIpc) is 1.55. The highest BCUT2D eigenvalue weighted by Gasteiger charge is 2.36. The predicted molar refractivity (Wildman–Crippen MR) is 35.8 cm³/mol. The Balaban J connectivity index is 3.91. The zero-order valence-electron chi connectivity index (χ0n) is 6.66. The van der Waals surface area contributed by atoms with Crippen LogP contribution in [0, 0.1) is 12.5 Å². The second-order valence-corrected chi connectivity index (χ2v) is 3.30. The van der Waals surface area contributed by atoms with Crippen molar-refractivity contribution in [2.24, 2.45) is 5.41 Å². The average molecular weight is 169 g/mol. The van der Waals surface area contributed by atoms with E-state index in [4.69, 9.17) is 0 Å². The summed E-state index contributed by atoms with van der Waals surface area (Å²) >= 11 is 0. The summed E-state index contributed by atoms with van der Waals surface area (Å²) in [7, 11) is 3.03. The SMILES string of the molecule is [CH2]OCC(C)(C)CC(F)(F)F. The van der Waals surface area contributed by atoms with Crippen LogP contribution in [0.1, 0.15) is 20.3 Å². The monoisotopic (exact) mass is 169 g/mol. The van der Waals surface area contributed by atoms with E-state index in [1.807, 2.05) is 0 Å². The van der Waals surface area contributed by atoms with Gasteiger partial charge in [-0.1, -0.05) is 13.8 Å². The first-order valence-electron chi connectivity index (χ1n) is 3.20. The topological polar surface area (TPSA) is 9.23 Å². The summed E-state index contributed by atoms with van der Waals surface area (Å²) in [5, 5.41) is 0. The molecule has 67 valence electrons. The van der Waals surface area contributed by atoms with Crippen molar-refractivity contribution in [1.29, 1.82) is 0 Å². The van der Waals surface area contributed by atoms with E-state index in [-0.39, 0.29) is 6.61 Å². The van der Waals surface area contributed by atoms with Crippen molar-refractivity contribution >= 4 is 0 Å². The van der Waals surface area contributed by atoms with E-state index in [1.165, 1.54) is 13.8 Å². The molecule has 0 atom stereocenters. The van der Waals surface area contributed by atoms with E-state index < -0.39 is 18.0 Å². The zero-order valence-corrected chi connectivity index (χ0v) is 6.66. The molecule has 1 nitrogen and oxygen atoms in total. The van der Waals surface area contributed by atoms with Crippen molar-refractivity contribution in [2.75, 3.05) is 6.61 Å². The standard InChI is InChI=1S/C7H12F3O/c1-6(2,5-11-3)4-7(8,9)10/h3-5H2,1-2H3. The molecule has 0 saturated carbocycles. The van der Waals surface area contributed by atoms with Gasteiger partial charge in [-0.2, -0.15) is 13.2 Å². The van der Waals surface area contributed by atoms with Gasteiger partial charge in [0.1, 0.15) is 0 Å². The number of hydrogen-bond acceptors (Lipinski definition) is 1. The van der Waals surface area contributed by atoms with Gasteiger partial charge in [0.25, 0.3) is 0 Å². The van der Waals surface area contributed by atoms with Crippen molar-refractivity contribution < 1.29 is 17.9 Å². The van der Waals surface area contributed by atoms with Gasteiger partial charge in [-0.05, 0) is 5.41 Å². The molecule has 0 bridgehead atoms. The van der Waals surface area contributed by atoms with Crippen LogP contribution in [-0.4, -0.2) is 12.8 Å². The van der Waals surface area contributed by atoms with Gasteiger partial charge < -0.3 is 4.74 Å². The van der Waals surface area contributed by atoms with Crippen LogP contribution in [0.15, 0.2) is 0 Å². The third kappa shape index (κ3) is 6.16. The molecule has 4 heteroatoms. The maximum absolute atomic E-state index is 11.8. The maximum atomic E-state index is 11.8. The first-order chi connectivity index (χ1) is 4.77. The summed E-state index contributed by atoms with van der Waals surface area (Å²) in [5.41, 5.74) is -0.875. The van der Waals surface area contributed by atoms with Gasteiger partial charge in [-0.25, -0.2) is 0 Å². The Bertz CT molecular complexity index is 117. The van der Waals surface area contributed by atoms with Crippen LogP contribution in [0.25, 0.3) is 0 Å².